The summed E-state index contributed by atoms with van der Waals surface area (Å²) in [4.78, 5) is 42.4. The van der Waals surface area contributed by atoms with Crippen LogP contribution in [0.3, 0.4) is 0 Å². The van der Waals surface area contributed by atoms with Crippen LogP contribution >= 0.6 is 0 Å². The van der Waals surface area contributed by atoms with Gasteiger partial charge < -0.3 is 30.5 Å². The van der Waals surface area contributed by atoms with Crippen molar-refractivity contribution in [2.45, 2.75) is 65.0 Å². The number of nitrogens with one attached hydrogen (secondary N) is 3. The summed E-state index contributed by atoms with van der Waals surface area (Å²) in [6, 6.07) is 28.9. The van der Waals surface area contributed by atoms with Crippen LogP contribution in [0.4, 0.5) is 4.79 Å². The number of aryl methyl sites for hydroxylation is 2. The summed E-state index contributed by atoms with van der Waals surface area (Å²) in [7, 11) is 1.29. The van der Waals surface area contributed by atoms with Crippen molar-refractivity contribution < 1.29 is 29.0 Å². The minimum atomic E-state index is -1.01. The first kappa shape index (κ1) is 38.6. The lowest BCUT2D eigenvalue weighted by Gasteiger charge is -2.33. The molecule has 0 bridgehead atoms. The lowest BCUT2D eigenvalue weighted by molar-refractivity contribution is -0.125. The van der Waals surface area contributed by atoms with Crippen molar-refractivity contribution in [2.24, 2.45) is 5.41 Å². The molecule has 0 spiro atoms. The van der Waals surface area contributed by atoms with Crippen molar-refractivity contribution >= 4 is 17.9 Å². The van der Waals surface area contributed by atoms with Crippen LogP contribution in [0.15, 0.2) is 97.2 Å². The number of nitrogens with zero attached hydrogens (tertiary/aromatic N) is 1. The Kier molecular flexibility index (Phi) is 14.1. The van der Waals surface area contributed by atoms with Gasteiger partial charge in [0, 0.05) is 37.2 Å². The van der Waals surface area contributed by atoms with Gasteiger partial charge in [0.2, 0.25) is 5.91 Å². The second-order valence-corrected chi connectivity index (χ2v) is 13.6. The van der Waals surface area contributed by atoms with Crippen LogP contribution in [0, 0.1) is 19.3 Å². The number of rotatable bonds is 17. The summed E-state index contributed by atoms with van der Waals surface area (Å²) >= 11 is 0. The molecule has 0 fully saturated rings. The standard InChI is InChI=1S/C41H50N4O6/c1-28-12-11-13-29(2)39(28)51-26-37(48)45-38(35(46)21-23-43-36(47)25-41(3,4)27-44-40(49)50-5)33(31-14-7-6-8-15-31)24-30-17-19-32(20-18-30)34-16-9-10-22-42-34/h6-20,22,33,35,38,46H,21,23-27H2,1-5H3,(H,43,47)(H,44,49)(H,45,48). The molecule has 51 heavy (non-hydrogen) atoms. The zero-order valence-electron chi connectivity index (χ0n) is 30.1. The van der Waals surface area contributed by atoms with E-state index in [4.69, 9.17) is 4.74 Å². The molecule has 0 aliphatic carbocycles. The van der Waals surface area contributed by atoms with Crippen LogP contribution in [0.1, 0.15) is 54.9 Å². The molecule has 1 heterocycles. The van der Waals surface area contributed by atoms with E-state index in [1.54, 1.807) is 6.20 Å². The first-order valence-corrected chi connectivity index (χ1v) is 17.3. The largest absolute Gasteiger partial charge is 0.483 e. The van der Waals surface area contributed by atoms with E-state index < -0.39 is 23.7 Å². The van der Waals surface area contributed by atoms with Crippen LogP contribution in [0.25, 0.3) is 11.3 Å². The maximum Gasteiger partial charge on any atom is 0.406 e. The van der Waals surface area contributed by atoms with Gasteiger partial charge in [-0.05, 0) is 66.5 Å². The predicted molar refractivity (Wildman–Crippen MR) is 198 cm³/mol. The number of para-hydroxylation sites is 1. The maximum atomic E-state index is 13.6. The third-order valence-corrected chi connectivity index (χ3v) is 8.83. The smallest absolute Gasteiger partial charge is 0.406 e. The van der Waals surface area contributed by atoms with E-state index in [1.807, 2.05) is 119 Å². The van der Waals surface area contributed by atoms with E-state index in [9.17, 15) is 19.5 Å². The fraction of sp³-hybridized carbons (Fsp3) is 0.366. The molecule has 10 nitrogen and oxygen atoms in total. The third-order valence-electron chi connectivity index (χ3n) is 8.83. The molecular formula is C41H50N4O6. The van der Waals surface area contributed by atoms with Crippen LogP contribution in [-0.2, 0) is 20.7 Å². The second-order valence-electron chi connectivity index (χ2n) is 13.6. The first-order valence-electron chi connectivity index (χ1n) is 17.3. The molecule has 0 saturated carbocycles. The third kappa shape index (κ3) is 12.0. The van der Waals surface area contributed by atoms with E-state index in [1.165, 1.54) is 7.11 Å². The molecular weight excluding hydrogens is 644 g/mol. The molecule has 0 aliphatic rings. The fourth-order valence-corrected chi connectivity index (χ4v) is 6.09. The van der Waals surface area contributed by atoms with Gasteiger partial charge in [-0.1, -0.05) is 92.7 Å². The number of aromatic nitrogens is 1. The topological polar surface area (TPSA) is 139 Å². The summed E-state index contributed by atoms with van der Waals surface area (Å²) in [5.74, 6) is -0.235. The molecule has 3 unspecified atom stereocenters. The summed E-state index contributed by atoms with van der Waals surface area (Å²) in [5.41, 5.74) is 5.18. The monoisotopic (exact) mass is 694 g/mol. The number of methoxy groups -OCH3 is 1. The molecule has 3 atom stereocenters. The second kappa shape index (κ2) is 18.7. The van der Waals surface area contributed by atoms with Crippen molar-refractivity contribution in [1.82, 2.24) is 20.9 Å². The Morgan fingerprint density at radius 3 is 2.18 bits per heavy atom. The van der Waals surface area contributed by atoms with Gasteiger partial charge in [0.05, 0.1) is 24.9 Å². The van der Waals surface area contributed by atoms with Gasteiger partial charge in [-0.15, -0.1) is 0 Å². The molecule has 4 N–H and O–H groups in total. The van der Waals surface area contributed by atoms with E-state index in [0.29, 0.717) is 12.2 Å². The Balaban J connectivity index is 1.53. The quantitative estimate of drug-likeness (QED) is 0.108. The summed E-state index contributed by atoms with van der Waals surface area (Å²) in [6.45, 7) is 7.83. The number of benzene rings is 3. The highest BCUT2D eigenvalue weighted by Crippen LogP contribution is 2.29. The van der Waals surface area contributed by atoms with Gasteiger partial charge in [-0.25, -0.2) is 4.79 Å². The van der Waals surface area contributed by atoms with E-state index in [0.717, 1.165) is 33.5 Å². The van der Waals surface area contributed by atoms with Gasteiger partial charge in [0.25, 0.3) is 5.91 Å². The fourth-order valence-electron chi connectivity index (χ4n) is 6.09. The molecule has 0 radical (unpaired) electrons. The summed E-state index contributed by atoms with van der Waals surface area (Å²) in [6.07, 6.45) is 1.07. The maximum absolute atomic E-state index is 13.6. The normalized spacial score (nSPS) is 13.0. The zero-order chi connectivity index (χ0) is 36.8. The molecule has 0 aliphatic heterocycles. The molecule has 4 aromatic rings. The predicted octanol–water partition coefficient (Wildman–Crippen LogP) is 5.90. The lowest BCUT2D eigenvalue weighted by atomic mass is 9.82. The molecule has 3 amide bonds. The van der Waals surface area contributed by atoms with E-state index in [-0.39, 0.29) is 50.3 Å². The van der Waals surface area contributed by atoms with E-state index in [2.05, 4.69) is 25.7 Å². The van der Waals surface area contributed by atoms with Gasteiger partial charge in [-0.3, -0.25) is 14.6 Å². The minimum Gasteiger partial charge on any atom is -0.483 e. The summed E-state index contributed by atoms with van der Waals surface area (Å²) in [5, 5.41) is 20.4. The molecule has 3 aromatic carbocycles. The average Bonchev–Trinajstić information content (AvgIpc) is 3.12. The van der Waals surface area contributed by atoms with Crippen molar-refractivity contribution in [3.05, 3.63) is 119 Å². The number of aliphatic hydroxyl groups excluding tert-OH is 1. The van der Waals surface area contributed by atoms with Gasteiger partial charge in [0.15, 0.2) is 6.61 Å². The first-order chi connectivity index (χ1) is 24.5. The SMILES string of the molecule is COC(=O)NCC(C)(C)CC(=O)NCCC(O)C(NC(=O)COc1c(C)cccc1C)C(Cc1ccc(-c2ccccn2)cc1)c1ccccc1. The number of pyridine rings is 1. The number of alkyl carbamates (subject to hydrolysis) is 1. The van der Waals surface area contributed by atoms with Crippen LogP contribution in [0.2, 0.25) is 0 Å². The Morgan fingerprint density at radius 1 is 0.843 bits per heavy atom. The zero-order valence-corrected chi connectivity index (χ0v) is 30.1. The van der Waals surface area contributed by atoms with Crippen LogP contribution in [0.5, 0.6) is 5.75 Å². The highest BCUT2D eigenvalue weighted by Gasteiger charge is 2.32. The van der Waals surface area contributed by atoms with Gasteiger partial charge >= 0.3 is 6.09 Å². The summed E-state index contributed by atoms with van der Waals surface area (Å²) < 4.78 is 10.6. The highest BCUT2D eigenvalue weighted by atomic mass is 16.5. The Morgan fingerprint density at radius 2 is 1.53 bits per heavy atom. The molecule has 4 rings (SSSR count). The number of carbonyl (C=O) groups is 3. The number of aliphatic hydroxyl groups is 1. The van der Waals surface area contributed by atoms with Crippen molar-refractivity contribution in [3.8, 4) is 17.0 Å². The minimum absolute atomic E-state index is 0.157. The highest BCUT2D eigenvalue weighted by molar-refractivity contribution is 5.78. The molecule has 270 valence electrons. The van der Waals surface area contributed by atoms with Crippen molar-refractivity contribution in [2.75, 3.05) is 26.8 Å². The number of ether oxygens (including phenoxy) is 2. The molecule has 1 aromatic heterocycles. The number of hydrogen-bond donors (Lipinski definition) is 4. The number of hydrogen-bond acceptors (Lipinski definition) is 7. The van der Waals surface area contributed by atoms with Gasteiger partial charge in [0.1, 0.15) is 5.75 Å². The Bertz CT molecular complexity index is 1690. The van der Waals surface area contributed by atoms with Crippen molar-refractivity contribution in [1.29, 1.82) is 0 Å². The Hall–Kier alpha value is -5.22. The molecule has 10 heteroatoms. The number of amides is 3. The van der Waals surface area contributed by atoms with E-state index >= 15 is 0 Å². The lowest BCUT2D eigenvalue weighted by Crippen LogP contribution is -2.50. The van der Waals surface area contributed by atoms with Gasteiger partial charge in [-0.2, -0.15) is 0 Å². The van der Waals surface area contributed by atoms with Crippen molar-refractivity contribution in [3.63, 3.8) is 0 Å². The van der Waals surface area contributed by atoms with Crippen LogP contribution in [-0.4, -0.2) is 67.0 Å². The van der Waals surface area contributed by atoms with Crippen LogP contribution < -0.4 is 20.7 Å². The molecule has 0 saturated heterocycles. The Labute approximate surface area is 301 Å². The average molecular weight is 695 g/mol. The number of carbonyl (C=O) groups excluding carboxylic acids is 3.